The molecule has 0 aliphatic carbocycles. The number of aliphatic imine (C=N–C) groups is 1. The van der Waals surface area contributed by atoms with Crippen LogP contribution in [0.2, 0.25) is 5.02 Å². The molecule has 1 atom stereocenters. The molecular weight excluding hydrogens is 407 g/mol. The number of benzene rings is 2. The smallest absolute Gasteiger partial charge is 0.335 e. The molecule has 0 bridgehead atoms. The average Bonchev–Trinajstić information content (AvgIpc) is 2.63. The van der Waals surface area contributed by atoms with E-state index in [-0.39, 0.29) is 22.0 Å². The highest BCUT2D eigenvalue weighted by molar-refractivity contribution is 8.13. The van der Waals surface area contributed by atoms with Gasteiger partial charge in [0.2, 0.25) is 0 Å². The molecule has 0 saturated heterocycles. The lowest BCUT2D eigenvalue weighted by atomic mass is 9.89. The highest BCUT2D eigenvalue weighted by atomic mass is 35.5. The van der Waals surface area contributed by atoms with Gasteiger partial charge in [0.15, 0.2) is 5.17 Å². The molecule has 1 amide bonds. The van der Waals surface area contributed by atoms with Gasteiger partial charge in [0.1, 0.15) is 10.8 Å². The Morgan fingerprint density at radius 3 is 2.82 bits per heavy atom. The number of amidine groups is 1. The molecule has 1 aliphatic rings. The van der Waals surface area contributed by atoms with Crippen molar-refractivity contribution in [2.24, 2.45) is 10.7 Å². The van der Waals surface area contributed by atoms with E-state index in [1.165, 1.54) is 36.0 Å². The lowest BCUT2D eigenvalue weighted by Gasteiger charge is -2.30. The first-order valence-electron chi connectivity index (χ1n) is 8.25. The maximum Gasteiger partial charge on any atom is 0.335 e. The molecule has 2 aromatic carbocycles. The molecule has 3 rings (SSSR count). The van der Waals surface area contributed by atoms with Crippen LogP contribution in [0.4, 0.5) is 15.8 Å². The van der Waals surface area contributed by atoms with Crippen molar-refractivity contribution in [2.45, 2.75) is 18.9 Å². The van der Waals surface area contributed by atoms with Crippen LogP contribution in [0.15, 0.2) is 41.4 Å². The molecule has 2 aromatic rings. The molecular formula is C18H17ClFN4O3S+. The summed E-state index contributed by atoms with van der Waals surface area (Å²) in [5, 5.41) is 12.0. The predicted octanol–water partition coefficient (Wildman–Crippen LogP) is 4.20. The van der Waals surface area contributed by atoms with Gasteiger partial charge in [-0.25, -0.2) is 9.60 Å². The predicted molar refractivity (Wildman–Crippen MR) is 107 cm³/mol. The van der Waals surface area contributed by atoms with Crippen molar-refractivity contribution in [3.8, 4) is 0 Å². The van der Waals surface area contributed by atoms with Crippen molar-refractivity contribution in [1.29, 1.82) is 0 Å². The Bertz CT molecular complexity index is 1000. The van der Waals surface area contributed by atoms with Crippen molar-refractivity contribution >= 4 is 45.8 Å². The third-order valence-corrected chi connectivity index (χ3v) is 5.56. The molecule has 0 radical (unpaired) electrons. The number of anilines is 1. The van der Waals surface area contributed by atoms with Crippen LogP contribution in [-0.4, -0.2) is 27.0 Å². The summed E-state index contributed by atoms with van der Waals surface area (Å²) in [5.41, 5.74) is 5.64. The highest BCUT2D eigenvalue weighted by Gasteiger charge is 2.30. The lowest BCUT2D eigenvalue weighted by molar-refractivity contribution is -0.729. The summed E-state index contributed by atoms with van der Waals surface area (Å²) < 4.78 is 14.3. The van der Waals surface area contributed by atoms with E-state index < -0.39 is 22.2 Å². The quantitative estimate of drug-likeness (QED) is 0.639. The number of carbonyl (C=O) groups is 1. The average molecular weight is 424 g/mol. The number of nitrogens with one attached hydrogen (secondary N) is 1. The maximum absolute atomic E-state index is 14.3. The summed E-state index contributed by atoms with van der Waals surface area (Å²) in [6, 6.07) is 8.14. The van der Waals surface area contributed by atoms with Gasteiger partial charge in [0, 0.05) is 17.4 Å². The van der Waals surface area contributed by atoms with Gasteiger partial charge in [-0.15, -0.1) is 0 Å². The minimum atomic E-state index is -0.664. The Hall–Kier alpha value is -2.65. The van der Waals surface area contributed by atoms with Crippen LogP contribution >= 0.6 is 23.4 Å². The molecule has 1 aliphatic heterocycles. The maximum atomic E-state index is 14.3. The van der Waals surface area contributed by atoms with Crippen LogP contribution in [-0.2, 0) is 5.54 Å². The monoisotopic (exact) mass is 423 g/mol. The number of amides is 1. The Kier molecular flexibility index (Phi) is 5.57. The number of rotatable bonds is 4. The van der Waals surface area contributed by atoms with E-state index in [0.29, 0.717) is 17.2 Å². The van der Waals surface area contributed by atoms with Gasteiger partial charge in [-0.2, -0.15) is 0 Å². The van der Waals surface area contributed by atoms with E-state index in [2.05, 4.69) is 10.3 Å². The van der Waals surface area contributed by atoms with Gasteiger partial charge in [-0.05, 0) is 43.2 Å². The summed E-state index contributed by atoms with van der Waals surface area (Å²) >= 11 is 7.26. The second-order valence-electron chi connectivity index (χ2n) is 6.41. The van der Waals surface area contributed by atoms with Gasteiger partial charge in [-0.3, -0.25) is 9.79 Å². The normalized spacial score (nSPS) is 19.0. The van der Waals surface area contributed by atoms with Gasteiger partial charge in [0.25, 0.3) is 10.8 Å². The van der Waals surface area contributed by atoms with Crippen LogP contribution in [0.3, 0.4) is 0 Å². The highest BCUT2D eigenvalue weighted by Crippen LogP contribution is 2.36. The van der Waals surface area contributed by atoms with Crippen LogP contribution < -0.4 is 11.1 Å². The molecule has 7 nitrogen and oxygen atoms in total. The van der Waals surface area contributed by atoms with E-state index in [1.807, 2.05) is 6.92 Å². The summed E-state index contributed by atoms with van der Waals surface area (Å²) in [6.07, 6.45) is 0.716. The minimum absolute atomic E-state index is 0.0271. The van der Waals surface area contributed by atoms with E-state index in [9.17, 15) is 14.1 Å². The van der Waals surface area contributed by atoms with E-state index in [4.69, 9.17) is 22.5 Å². The Labute approximate surface area is 169 Å². The summed E-state index contributed by atoms with van der Waals surface area (Å²) in [5.74, 6) is -0.501. The lowest BCUT2D eigenvalue weighted by Crippen LogP contribution is -2.29. The number of hydrogen-bond donors (Lipinski definition) is 3. The third kappa shape index (κ3) is 4.10. The van der Waals surface area contributed by atoms with Crippen molar-refractivity contribution < 1.29 is 19.3 Å². The summed E-state index contributed by atoms with van der Waals surface area (Å²) in [4.78, 5) is 27.6. The minimum Gasteiger partial charge on any atom is -0.379 e. The molecule has 146 valence electrons. The summed E-state index contributed by atoms with van der Waals surface area (Å²) in [7, 11) is 0. The van der Waals surface area contributed by atoms with Crippen molar-refractivity contribution in [1.82, 2.24) is 0 Å². The zero-order valence-electron chi connectivity index (χ0n) is 14.8. The fourth-order valence-electron chi connectivity index (χ4n) is 2.85. The first kappa shape index (κ1) is 20.1. The van der Waals surface area contributed by atoms with Crippen molar-refractivity contribution in [3.63, 3.8) is 0 Å². The molecule has 1 heterocycles. The first-order chi connectivity index (χ1) is 13.2. The SMILES string of the molecule is CC1(c2ccc(F)c(NC(=O)c3ccc(Cl)c([N+](=O)O)c3)c2)CCSC(N)=N1. The van der Waals surface area contributed by atoms with Crippen LogP contribution in [0, 0.1) is 10.7 Å². The molecule has 28 heavy (non-hydrogen) atoms. The van der Waals surface area contributed by atoms with Crippen LogP contribution in [0.25, 0.3) is 0 Å². The van der Waals surface area contributed by atoms with Gasteiger partial charge >= 0.3 is 5.69 Å². The standard InChI is InChI=1S/C18H16ClFN4O3S/c1-18(6-7-28-17(21)23-18)11-3-5-13(20)14(9-11)22-16(25)10-2-4-12(19)15(8-10)24(26)27/h2-5,8-9H,6-7H2,1H3,(H3-,21,22,23,25,26,27)/p+1. The Balaban J connectivity index is 1.91. The number of thioether (sulfide) groups is 1. The topological polar surface area (TPSA) is 108 Å². The molecule has 10 heteroatoms. The van der Waals surface area contributed by atoms with Crippen molar-refractivity contribution in [3.05, 3.63) is 63.3 Å². The fourth-order valence-corrected chi connectivity index (χ4v) is 4.01. The van der Waals surface area contributed by atoms with E-state index >= 15 is 0 Å². The number of carbonyl (C=O) groups excluding carboxylic acids is 1. The Morgan fingerprint density at radius 2 is 2.14 bits per heavy atom. The largest absolute Gasteiger partial charge is 0.379 e. The number of nitrogens with two attached hydrogens (primary N) is 1. The van der Waals surface area contributed by atoms with Gasteiger partial charge in [0.05, 0.1) is 16.1 Å². The summed E-state index contributed by atoms with van der Waals surface area (Å²) in [6.45, 7) is 1.90. The molecule has 0 saturated carbocycles. The number of nitrogens with zero attached hydrogens (tertiary/aromatic N) is 2. The zero-order valence-corrected chi connectivity index (χ0v) is 16.4. The molecule has 0 spiro atoms. The van der Waals surface area contributed by atoms with E-state index in [1.54, 1.807) is 6.07 Å². The fraction of sp³-hybridized carbons (Fsp3) is 0.222. The first-order valence-corrected chi connectivity index (χ1v) is 9.61. The van der Waals surface area contributed by atoms with Gasteiger partial charge < -0.3 is 11.1 Å². The number of hydrogen-bond acceptors (Lipinski definition) is 5. The molecule has 0 fully saturated rings. The second kappa shape index (κ2) is 7.76. The zero-order chi connectivity index (χ0) is 20.5. The molecule has 4 N–H and O–H groups in total. The van der Waals surface area contributed by atoms with Crippen LogP contribution in [0.5, 0.6) is 0 Å². The van der Waals surface area contributed by atoms with Crippen molar-refractivity contribution in [2.75, 3.05) is 11.1 Å². The molecule has 1 unspecified atom stereocenters. The van der Waals surface area contributed by atoms with Gasteiger partial charge in [-0.1, -0.05) is 29.4 Å². The second-order valence-corrected chi connectivity index (χ2v) is 7.93. The van der Waals surface area contributed by atoms with E-state index in [0.717, 1.165) is 11.8 Å². The van der Waals surface area contributed by atoms with Crippen LogP contribution in [0.1, 0.15) is 29.3 Å². The number of halogens is 2. The Morgan fingerprint density at radius 1 is 1.39 bits per heavy atom. The molecule has 0 aromatic heterocycles. The third-order valence-electron chi connectivity index (χ3n) is 4.45.